The lowest BCUT2D eigenvalue weighted by Gasteiger charge is -2.43. The Morgan fingerprint density at radius 2 is 1.83 bits per heavy atom. The Hall–Kier alpha value is -0.360. The Kier molecular flexibility index (Phi) is 5.00. The number of hydrogen-bond donors (Lipinski definition) is 1. The molecule has 0 unspecified atom stereocenters. The zero-order valence-electron chi connectivity index (χ0n) is 11.1. The lowest BCUT2D eigenvalue weighted by Crippen LogP contribution is -2.62. The standard InChI is InChI=1S/C12H22N2O3.ClH/c1-11(2)9-14(5-8-17-11)10(15)12(13)3-6-16-7-4-12;/h3-9,13H2,1-2H3;1H. The van der Waals surface area contributed by atoms with Crippen LogP contribution in [-0.4, -0.2) is 54.9 Å². The highest BCUT2D eigenvalue weighted by atomic mass is 35.5. The van der Waals surface area contributed by atoms with Crippen molar-refractivity contribution in [3.05, 3.63) is 0 Å². The van der Waals surface area contributed by atoms with Crippen LogP contribution in [0.1, 0.15) is 26.7 Å². The summed E-state index contributed by atoms with van der Waals surface area (Å²) in [5, 5.41) is 0. The summed E-state index contributed by atoms with van der Waals surface area (Å²) < 4.78 is 10.9. The Balaban J connectivity index is 0.00000162. The van der Waals surface area contributed by atoms with E-state index in [1.54, 1.807) is 0 Å². The van der Waals surface area contributed by atoms with Gasteiger partial charge in [-0.25, -0.2) is 0 Å². The van der Waals surface area contributed by atoms with Crippen LogP contribution < -0.4 is 5.73 Å². The molecule has 2 N–H and O–H groups in total. The number of carbonyl (C=O) groups is 1. The van der Waals surface area contributed by atoms with Gasteiger partial charge < -0.3 is 20.1 Å². The van der Waals surface area contributed by atoms with Crippen LogP contribution in [-0.2, 0) is 14.3 Å². The second-order valence-electron chi connectivity index (χ2n) is 5.60. The van der Waals surface area contributed by atoms with Gasteiger partial charge in [0.25, 0.3) is 0 Å². The van der Waals surface area contributed by atoms with E-state index in [1.165, 1.54) is 0 Å². The molecule has 5 nitrogen and oxygen atoms in total. The first-order valence-corrected chi connectivity index (χ1v) is 6.23. The minimum atomic E-state index is -0.730. The van der Waals surface area contributed by atoms with Gasteiger partial charge in [0.05, 0.1) is 17.7 Å². The highest BCUT2D eigenvalue weighted by Gasteiger charge is 2.41. The third kappa shape index (κ3) is 3.35. The Labute approximate surface area is 114 Å². The predicted octanol–water partition coefficient (Wildman–Crippen LogP) is 0.553. The molecular formula is C12H23ClN2O3. The number of rotatable bonds is 1. The fourth-order valence-corrected chi connectivity index (χ4v) is 2.45. The summed E-state index contributed by atoms with van der Waals surface area (Å²) in [6.45, 7) is 7.00. The second-order valence-corrected chi connectivity index (χ2v) is 5.60. The highest BCUT2D eigenvalue weighted by molar-refractivity contribution is 5.86. The minimum Gasteiger partial charge on any atom is -0.381 e. The number of hydrogen-bond acceptors (Lipinski definition) is 4. The number of carbonyl (C=O) groups excluding carboxylic acids is 1. The van der Waals surface area contributed by atoms with Gasteiger partial charge in [-0.3, -0.25) is 4.79 Å². The van der Waals surface area contributed by atoms with Crippen molar-refractivity contribution in [1.82, 2.24) is 4.90 Å². The average Bonchev–Trinajstić information content (AvgIpc) is 2.27. The van der Waals surface area contributed by atoms with Crippen molar-refractivity contribution < 1.29 is 14.3 Å². The zero-order valence-corrected chi connectivity index (χ0v) is 11.9. The lowest BCUT2D eigenvalue weighted by atomic mass is 9.89. The van der Waals surface area contributed by atoms with Gasteiger partial charge in [-0.2, -0.15) is 0 Å². The molecule has 2 aliphatic rings. The molecule has 2 heterocycles. The monoisotopic (exact) mass is 278 g/mol. The molecule has 2 rings (SSSR count). The van der Waals surface area contributed by atoms with Crippen LogP contribution in [0.3, 0.4) is 0 Å². The van der Waals surface area contributed by atoms with E-state index in [2.05, 4.69) is 0 Å². The van der Waals surface area contributed by atoms with Gasteiger partial charge in [0, 0.05) is 26.3 Å². The van der Waals surface area contributed by atoms with Crippen LogP contribution >= 0.6 is 12.4 Å². The zero-order chi connectivity index (χ0) is 12.5. The highest BCUT2D eigenvalue weighted by Crippen LogP contribution is 2.24. The molecule has 0 aliphatic carbocycles. The van der Waals surface area contributed by atoms with Gasteiger partial charge in [0.1, 0.15) is 0 Å². The maximum Gasteiger partial charge on any atom is 0.243 e. The summed E-state index contributed by atoms with van der Waals surface area (Å²) in [7, 11) is 0. The fourth-order valence-electron chi connectivity index (χ4n) is 2.45. The van der Waals surface area contributed by atoms with Crippen molar-refractivity contribution in [2.45, 2.75) is 37.8 Å². The predicted molar refractivity (Wildman–Crippen MR) is 70.8 cm³/mol. The molecule has 0 aromatic heterocycles. The molecule has 0 atom stereocenters. The minimum absolute atomic E-state index is 0. The van der Waals surface area contributed by atoms with Crippen LogP contribution in [0.2, 0.25) is 0 Å². The van der Waals surface area contributed by atoms with E-state index in [1.807, 2.05) is 18.7 Å². The number of nitrogens with zero attached hydrogens (tertiary/aromatic N) is 1. The van der Waals surface area contributed by atoms with Crippen molar-refractivity contribution in [1.29, 1.82) is 0 Å². The van der Waals surface area contributed by atoms with Crippen molar-refractivity contribution in [2.24, 2.45) is 5.73 Å². The van der Waals surface area contributed by atoms with Crippen LogP contribution in [0.25, 0.3) is 0 Å². The normalized spacial score (nSPS) is 26.3. The van der Waals surface area contributed by atoms with E-state index in [-0.39, 0.29) is 23.9 Å². The summed E-state index contributed by atoms with van der Waals surface area (Å²) in [6, 6.07) is 0. The first-order chi connectivity index (χ1) is 7.93. The Morgan fingerprint density at radius 1 is 1.22 bits per heavy atom. The molecule has 0 saturated carbocycles. The molecule has 0 spiro atoms. The van der Waals surface area contributed by atoms with E-state index in [0.717, 1.165) is 0 Å². The lowest BCUT2D eigenvalue weighted by molar-refractivity contribution is -0.154. The van der Waals surface area contributed by atoms with Gasteiger partial charge in [-0.1, -0.05) is 0 Å². The maximum atomic E-state index is 12.5. The number of morpholine rings is 1. The molecule has 0 aromatic carbocycles. The molecule has 2 fully saturated rings. The summed E-state index contributed by atoms with van der Waals surface area (Å²) in [6.07, 6.45) is 1.23. The van der Waals surface area contributed by atoms with Gasteiger partial charge in [0.15, 0.2) is 0 Å². The summed E-state index contributed by atoms with van der Waals surface area (Å²) in [5.74, 6) is 0.0529. The van der Waals surface area contributed by atoms with E-state index in [4.69, 9.17) is 15.2 Å². The SMILES string of the molecule is CC1(C)CN(C(=O)C2(N)CCOCC2)CCO1.Cl. The average molecular weight is 279 g/mol. The topological polar surface area (TPSA) is 64.8 Å². The quantitative estimate of drug-likeness (QED) is 0.761. The summed E-state index contributed by atoms with van der Waals surface area (Å²) >= 11 is 0. The molecule has 0 radical (unpaired) electrons. The second kappa shape index (κ2) is 5.74. The molecule has 2 aliphatic heterocycles. The van der Waals surface area contributed by atoms with Crippen molar-refractivity contribution >= 4 is 18.3 Å². The fraction of sp³-hybridized carbons (Fsp3) is 0.917. The maximum absolute atomic E-state index is 12.5. The van der Waals surface area contributed by atoms with Gasteiger partial charge in [-0.05, 0) is 26.7 Å². The third-order valence-electron chi connectivity index (χ3n) is 3.52. The van der Waals surface area contributed by atoms with Gasteiger partial charge in [0.2, 0.25) is 5.91 Å². The summed E-state index contributed by atoms with van der Waals surface area (Å²) in [4.78, 5) is 14.3. The molecule has 1 amide bonds. The molecule has 106 valence electrons. The largest absolute Gasteiger partial charge is 0.381 e. The Bertz CT molecular complexity index is 304. The molecule has 0 aromatic rings. The van der Waals surface area contributed by atoms with Crippen molar-refractivity contribution in [3.8, 4) is 0 Å². The summed E-state index contributed by atoms with van der Waals surface area (Å²) in [5.41, 5.74) is 5.21. The van der Waals surface area contributed by atoms with Crippen LogP contribution in [0, 0.1) is 0 Å². The van der Waals surface area contributed by atoms with Crippen molar-refractivity contribution in [3.63, 3.8) is 0 Å². The number of halogens is 1. The van der Waals surface area contributed by atoms with Crippen LogP contribution in [0.15, 0.2) is 0 Å². The first kappa shape index (κ1) is 15.7. The Morgan fingerprint density at radius 3 is 2.39 bits per heavy atom. The number of amides is 1. The first-order valence-electron chi connectivity index (χ1n) is 6.23. The van der Waals surface area contributed by atoms with Crippen LogP contribution in [0.4, 0.5) is 0 Å². The number of nitrogens with two attached hydrogens (primary N) is 1. The van der Waals surface area contributed by atoms with E-state index in [9.17, 15) is 4.79 Å². The molecular weight excluding hydrogens is 256 g/mol. The van der Waals surface area contributed by atoms with Gasteiger partial charge in [-0.15, -0.1) is 12.4 Å². The smallest absolute Gasteiger partial charge is 0.243 e. The molecule has 2 saturated heterocycles. The van der Waals surface area contributed by atoms with Gasteiger partial charge >= 0.3 is 0 Å². The van der Waals surface area contributed by atoms with E-state index in [0.29, 0.717) is 45.8 Å². The van der Waals surface area contributed by atoms with E-state index < -0.39 is 5.54 Å². The van der Waals surface area contributed by atoms with E-state index >= 15 is 0 Å². The van der Waals surface area contributed by atoms with Crippen molar-refractivity contribution in [2.75, 3.05) is 32.9 Å². The molecule has 0 bridgehead atoms. The number of ether oxygens (including phenoxy) is 2. The van der Waals surface area contributed by atoms with Crippen LogP contribution in [0.5, 0.6) is 0 Å². The third-order valence-corrected chi connectivity index (χ3v) is 3.52. The molecule has 6 heteroatoms. The molecule has 18 heavy (non-hydrogen) atoms.